The molecule has 0 aliphatic heterocycles. The van der Waals surface area contributed by atoms with Crippen molar-refractivity contribution >= 4 is 11.9 Å². The van der Waals surface area contributed by atoms with Gasteiger partial charge in [-0.15, -0.1) is 4.73 Å². The van der Waals surface area contributed by atoms with E-state index < -0.39 is 34.8 Å². The SMILES string of the molecule is Cc1c(C(=O)[C@@H](NC(=O)OC(C)(C)C)C(C)(C)C)c(O)n(OCc2ccccc2)c1O. The Labute approximate surface area is 182 Å². The standard InChI is InChI=1S/C23H32N2O6/c1-14-16(17(26)18(22(2,3)4)24-21(29)31-23(5,6)7)20(28)25(19(14)27)30-13-15-11-9-8-10-12-15/h8-12,18,27-28H,13H2,1-7H3,(H,24,29)/t18-/m1/s1. The number of ether oxygens (including phenoxy) is 1. The third-order valence-electron chi connectivity index (χ3n) is 4.56. The number of Topliss-reactive ketones (excluding diaryl/α,β-unsaturated/α-hetero) is 1. The van der Waals surface area contributed by atoms with Gasteiger partial charge >= 0.3 is 6.09 Å². The molecule has 2 rings (SSSR count). The zero-order valence-corrected chi connectivity index (χ0v) is 19.1. The van der Waals surface area contributed by atoms with Crippen LogP contribution in [0.4, 0.5) is 4.79 Å². The van der Waals surface area contributed by atoms with Crippen LogP contribution in [0.15, 0.2) is 30.3 Å². The van der Waals surface area contributed by atoms with Crippen LogP contribution in [-0.4, -0.2) is 38.5 Å². The van der Waals surface area contributed by atoms with Gasteiger partial charge in [0.25, 0.3) is 0 Å². The highest BCUT2D eigenvalue weighted by atomic mass is 16.7. The number of benzene rings is 1. The maximum absolute atomic E-state index is 13.4. The van der Waals surface area contributed by atoms with E-state index in [-0.39, 0.29) is 23.6 Å². The Morgan fingerprint density at radius 1 is 1.03 bits per heavy atom. The van der Waals surface area contributed by atoms with Crippen LogP contribution < -0.4 is 10.2 Å². The second-order valence-electron chi connectivity index (χ2n) is 9.51. The zero-order chi connectivity index (χ0) is 23.6. The fourth-order valence-electron chi connectivity index (χ4n) is 3.01. The summed E-state index contributed by atoms with van der Waals surface area (Å²) >= 11 is 0. The number of carbonyl (C=O) groups is 2. The highest BCUT2D eigenvalue weighted by Gasteiger charge is 2.39. The van der Waals surface area contributed by atoms with Crippen molar-refractivity contribution in [1.82, 2.24) is 10.0 Å². The number of carbonyl (C=O) groups excluding carboxylic acids is 2. The number of amides is 1. The Bertz CT molecular complexity index is 936. The van der Waals surface area contributed by atoms with Gasteiger partial charge in [0.05, 0.1) is 5.56 Å². The van der Waals surface area contributed by atoms with E-state index >= 15 is 0 Å². The monoisotopic (exact) mass is 432 g/mol. The first kappa shape index (κ1) is 24.1. The average molecular weight is 433 g/mol. The summed E-state index contributed by atoms with van der Waals surface area (Å²) in [7, 11) is 0. The molecule has 0 fully saturated rings. The average Bonchev–Trinajstić information content (AvgIpc) is 2.85. The Kier molecular flexibility index (Phi) is 6.93. The van der Waals surface area contributed by atoms with Gasteiger partial charge in [0.2, 0.25) is 11.8 Å². The molecular formula is C23H32N2O6. The van der Waals surface area contributed by atoms with Crippen LogP contribution in [0.25, 0.3) is 0 Å². The van der Waals surface area contributed by atoms with Gasteiger partial charge < -0.3 is 25.1 Å². The number of nitrogens with zero attached hydrogens (tertiary/aromatic N) is 1. The van der Waals surface area contributed by atoms with E-state index in [1.165, 1.54) is 6.92 Å². The number of nitrogens with one attached hydrogen (secondary N) is 1. The molecule has 1 aromatic heterocycles. The van der Waals surface area contributed by atoms with Crippen LogP contribution in [0.2, 0.25) is 0 Å². The minimum absolute atomic E-state index is 0.0720. The quantitative estimate of drug-likeness (QED) is 0.596. The van der Waals surface area contributed by atoms with Crippen molar-refractivity contribution in [1.29, 1.82) is 0 Å². The molecule has 0 unspecified atom stereocenters. The molecule has 0 saturated carbocycles. The molecule has 8 nitrogen and oxygen atoms in total. The molecule has 0 saturated heterocycles. The van der Waals surface area contributed by atoms with Crippen molar-refractivity contribution in [2.45, 2.75) is 66.7 Å². The van der Waals surface area contributed by atoms with Gasteiger partial charge in [0.15, 0.2) is 5.78 Å². The number of rotatable bonds is 6. The second kappa shape index (κ2) is 8.91. The number of ketones is 1. The molecule has 1 amide bonds. The van der Waals surface area contributed by atoms with Crippen molar-refractivity contribution in [2.24, 2.45) is 5.41 Å². The molecular weight excluding hydrogens is 400 g/mol. The maximum Gasteiger partial charge on any atom is 0.408 e. The van der Waals surface area contributed by atoms with Gasteiger partial charge in [0.1, 0.15) is 18.2 Å². The fourth-order valence-corrected chi connectivity index (χ4v) is 3.01. The third kappa shape index (κ3) is 5.93. The lowest BCUT2D eigenvalue weighted by Crippen LogP contribution is -2.50. The van der Waals surface area contributed by atoms with Crippen LogP contribution in [0, 0.1) is 12.3 Å². The number of aromatic nitrogens is 1. The number of aromatic hydroxyl groups is 2. The van der Waals surface area contributed by atoms with Gasteiger partial charge in [-0.05, 0) is 38.7 Å². The molecule has 1 atom stereocenters. The molecule has 0 radical (unpaired) electrons. The second-order valence-corrected chi connectivity index (χ2v) is 9.51. The van der Waals surface area contributed by atoms with Crippen LogP contribution in [0.1, 0.15) is 63.0 Å². The highest BCUT2D eigenvalue weighted by molar-refractivity contribution is 6.05. The Balaban J connectivity index is 2.33. The normalized spacial score (nSPS) is 12.9. The van der Waals surface area contributed by atoms with Crippen molar-refractivity contribution in [3.8, 4) is 11.8 Å². The van der Waals surface area contributed by atoms with Crippen LogP contribution in [0.5, 0.6) is 11.8 Å². The third-order valence-corrected chi connectivity index (χ3v) is 4.56. The maximum atomic E-state index is 13.4. The topological polar surface area (TPSA) is 110 Å². The summed E-state index contributed by atoms with van der Waals surface area (Å²) in [6, 6.07) is 8.18. The number of hydrogen-bond acceptors (Lipinski definition) is 6. The molecule has 0 aliphatic carbocycles. The van der Waals surface area contributed by atoms with E-state index in [9.17, 15) is 19.8 Å². The van der Waals surface area contributed by atoms with Gasteiger partial charge in [-0.2, -0.15) is 0 Å². The Hall–Kier alpha value is -3.16. The largest absolute Gasteiger partial charge is 0.492 e. The molecule has 1 aromatic carbocycles. The van der Waals surface area contributed by atoms with E-state index in [4.69, 9.17) is 9.57 Å². The molecule has 3 N–H and O–H groups in total. The molecule has 8 heteroatoms. The Morgan fingerprint density at radius 2 is 1.61 bits per heavy atom. The molecule has 2 aromatic rings. The van der Waals surface area contributed by atoms with E-state index in [0.717, 1.165) is 10.3 Å². The fraction of sp³-hybridized carbons (Fsp3) is 0.478. The molecule has 0 spiro atoms. The smallest absolute Gasteiger partial charge is 0.408 e. The van der Waals surface area contributed by atoms with Gasteiger partial charge in [-0.3, -0.25) is 4.79 Å². The van der Waals surface area contributed by atoms with Gasteiger partial charge in [-0.1, -0.05) is 51.1 Å². The van der Waals surface area contributed by atoms with Crippen LogP contribution in [-0.2, 0) is 11.3 Å². The summed E-state index contributed by atoms with van der Waals surface area (Å²) in [5.41, 5.74) is -0.590. The van der Waals surface area contributed by atoms with E-state index in [2.05, 4.69) is 5.32 Å². The highest BCUT2D eigenvalue weighted by Crippen LogP contribution is 2.35. The summed E-state index contributed by atoms with van der Waals surface area (Å²) in [5.74, 6) is -1.48. The van der Waals surface area contributed by atoms with E-state index in [0.29, 0.717) is 0 Å². The summed E-state index contributed by atoms with van der Waals surface area (Å²) in [5, 5.41) is 23.7. The molecule has 1 heterocycles. The van der Waals surface area contributed by atoms with Gasteiger partial charge in [0, 0.05) is 5.56 Å². The minimum Gasteiger partial charge on any atom is -0.492 e. The number of alkyl carbamates (subject to hydrolysis) is 1. The predicted molar refractivity (Wildman–Crippen MR) is 116 cm³/mol. The van der Waals surface area contributed by atoms with Gasteiger partial charge in [-0.25, -0.2) is 4.79 Å². The first-order valence-corrected chi connectivity index (χ1v) is 10.1. The van der Waals surface area contributed by atoms with Crippen molar-refractivity contribution < 1.29 is 29.4 Å². The summed E-state index contributed by atoms with van der Waals surface area (Å²) < 4.78 is 6.10. The van der Waals surface area contributed by atoms with E-state index in [1.807, 2.05) is 30.3 Å². The van der Waals surface area contributed by atoms with Crippen molar-refractivity contribution in [2.75, 3.05) is 0 Å². The van der Waals surface area contributed by atoms with Crippen LogP contribution >= 0.6 is 0 Å². The molecule has 0 bridgehead atoms. The molecule has 170 valence electrons. The lowest BCUT2D eigenvalue weighted by Gasteiger charge is -2.31. The van der Waals surface area contributed by atoms with E-state index in [1.54, 1.807) is 41.5 Å². The minimum atomic E-state index is -1.02. The Morgan fingerprint density at radius 3 is 2.13 bits per heavy atom. The predicted octanol–water partition coefficient (Wildman–Crippen LogP) is 3.96. The lowest BCUT2D eigenvalue weighted by molar-refractivity contribution is 0.0442. The first-order chi connectivity index (χ1) is 14.2. The van der Waals surface area contributed by atoms with Crippen molar-refractivity contribution in [3.63, 3.8) is 0 Å². The molecule has 31 heavy (non-hydrogen) atoms. The van der Waals surface area contributed by atoms with Crippen molar-refractivity contribution in [3.05, 3.63) is 47.0 Å². The first-order valence-electron chi connectivity index (χ1n) is 10.1. The summed E-state index contributed by atoms with van der Waals surface area (Å²) in [6.45, 7) is 12.1. The summed E-state index contributed by atoms with van der Waals surface area (Å²) in [6.07, 6.45) is -0.748. The van der Waals surface area contributed by atoms with Crippen LogP contribution in [0.3, 0.4) is 0 Å². The molecule has 0 aliphatic rings. The lowest BCUT2D eigenvalue weighted by atomic mass is 9.82. The zero-order valence-electron chi connectivity index (χ0n) is 19.1. The number of hydrogen-bond donors (Lipinski definition) is 3. The summed E-state index contributed by atoms with van der Waals surface area (Å²) in [4.78, 5) is 31.2.